The molecule has 1 fully saturated rings. The molecular formula is C18H18N4O3. The van der Waals surface area contributed by atoms with Crippen molar-refractivity contribution in [3.63, 3.8) is 0 Å². The third kappa shape index (κ3) is 3.00. The van der Waals surface area contributed by atoms with E-state index in [1.807, 2.05) is 24.3 Å². The first kappa shape index (κ1) is 15.4. The topological polar surface area (TPSA) is 91.2 Å². The fourth-order valence-corrected chi connectivity index (χ4v) is 3.19. The van der Waals surface area contributed by atoms with Crippen molar-refractivity contribution in [1.82, 2.24) is 20.4 Å². The summed E-state index contributed by atoms with van der Waals surface area (Å²) in [4.78, 5) is 26.6. The highest BCUT2D eigenvalue weighted by atomic mass is 16.3. The first-order valence-electron chi connectivity index (χ1n) is 8.28. The second kappa shape index (κ2) is 6.43. The lowest BCUT2D eigenvalue weighted by Gasteiger charge is -2.32. The van der Waals surface area contributed by atoms with Crippen LogP contribution >= 0.6 is 0 Å². The minimum Gasteiger partial charge on any atom is -0.472 e. The normalized spacial score (nSPS) is 15.4. The molecule has 1 saturated heterocycles. The largest absolute Gasteiger partial charge is 0.472 e. The van der Waals surface area contributed by atoms with Crippen molar-refractivity contribution in [2.24, 2.45) is 0 Å². The van der Waals surface area contributed by atoms with E-state index in [0.717, 1.165) is 23.7 Å². The number of rotatable bonds is 3. The quantitative estimate of drug-likeness (QED) is 0.766. The molecule has 2 N–H and O–H groups in total. The molecule has 25 heavy (non-hydrogen) atoms. The van der Waals surface area contributed by atoms with Gasteiger partial charge < -0.3 is 14.6 Å². The van der Waals surface area contributed by atoms with E-state index in [1.165, 1.54) is 12.5 Å². The zero-order chi connectivity index (χ0) is 17.2. The molecular weight excluding hydrogens is 320 g/mol. The van der Waals surface area contributed by atoms with E-state index in [4.69, 9.17) is 4.42 Å². The van der Waals surface area contributed by atoms with Gasteiger partial charge in [-0.25, -0.2) is 0 Å². The number of nitrogens with one attached hydrogen (secondary N) is 2. The molecule has 0 bridgehead atoms. The molecule has 1 aliphatic rings. The highest BCUT2D eigenvalue weighted by molar-refractivity contribution is 6.04. The van der Waals surface area contributed by atoms with Crippen LogP contribution in [-0.2, 0) is 0 Å². The lowest BCUT2D eigenvalue weighted by Crippen LogP contribution is -2.46. The Balaban J connectivity index is 1.37. The first-order valence-corrected chi connectivity index (χ1v) is 8.28. The van der Waals surface area contributed by atoms with Gasteiger partial charge in [0.15, 0.2) is 5.69 Å². The van der Waals surface area contributed by atoms with Gasteiger partial charge in [0.05, 0.1) is 17.3 Å². The number of nitrogens with zero attached hydrogens (tertiary/aromatic N) is 2. The lowest BCUT2D eigenvalue weighted by molar-refractivity contribution is 0.0697. The third-order valence-corrected chi connectivity index (χ3v) is 4.57. The number of carbonyl (C=O) groups excluding carboxylic acids is 2. The molecule has 1 aromatic carbocycles. The Kier molecular flexibility index (Phi) is 3.97. The zero-order valence-electron chi connectivity index (χ0n) is 13.6. The van der Waals surface area contributed by atoms with E-state index in [1.54, 1.807) is 11.0 Å². The number of aromatic amines is 1. The summed E-state index contributed by atoms with van der Waals surface area (Å²) in [7, 11) is 0. The van der Waals surface area contributed by atoms with E-state index >= 15 is 0 Å². The van der Waals surface area contributed by atoms with Crippen molar-refractivity contribution >= 4 is 22.7 Å². The minimum absolute atomic E-state index is 0.0307. The minimum atomic E-state index is -0.183. The molecule has 0 unspecified atom stereocenters. The molecule has 0 aliphatic carbocycles. The Bertz CT molecular complexity index is 892. The van der Waals surface area contributed by atoms with E-state index < -0.39 is 0 Å². The standard InChI is InChI=1S/C18H18N4O3/c23-17(16-14-3-1-2-4-15(14)20-21-16)19-13-5-8-22(9-6-13)18(24)12-7-10-25-11-12/h1-4,7,10-11,13H,5-6,8-9H2,(H,19,23)(H,20,21). The van der Waals surface area contributed by atoms with Gasteiger partial charge >= 0.3 is 0 Å². The van der Waals surface area contributed by atoms with Crippen LogP contribution in [0.3, 0.4) is 0 Å². The van der Waals surface area contributed by atoms with Crippen molar-refractivity contribution in [2.45, 2.75) is 18.9 Å². The zero-order valence-corrected chi connectivity index (χ0v) is 13.6. The maximum atomic E-state index is 12.5. The van der Waals surface area contributed by atoms with E-state index in [-0.39, 0.29) is 17.9 Å². The molecule has 0 radical (unpaired) electrons. The molecule has 3 heterocycles. The summed E-state index contributed by atoms with van der Waals surface area (Å²) in [6.07, 6.45) is 4.39. The Labute approximate surface area is 144 Å². The van der Waals surface area contributed by atoms with Crippen LogP contribution in [0.2, 0.25) is 0 Å². The number of likely N-dealkylation sites (tertiary alicyclic amines) is 1. The summed E-state index contributed by atoms with van der Waals surface area (Å²) in [5.74, 6) is -0.214. The number of fused-ring (bicyclic) bond motifs is 1. The predicted octanol–water partition coefficient (Wildman–Crippen LogP) is 2.19. The monoisotopic (exact) mass is 338 g/mol. The summed E-state index contributed by atoms with van der Waals surface area (Å²) < 4.78 is 4.96. The van der Waals surface area contributed by atoms with E-state index in [9.17, 15) is 9.59 Å². The maximum Gasteiger partial charge on any atom is 0.272 e. The van der Waals surface area contributed by atoms with Gasteiger partial charge in [-0.15, -0.1) is 0 Å². The second-order valence-corrected chi connectivity index (χ2v) is 6.17. The average molecular weight is 338 g/mol. The van der Waals surface area contributed by atoms with Crippen LogP contribution in [0.5, 0.6) is 0 Å². The van der Waals surface area contributed by atoms with Gasteiger partial charge in [0.2, 0.25) is 0 Å². The van der Waals surface area contributed by atoms with Crippen molar-refractivity contribution in [3.05, 3.63) is 54.1 Å². The number of hydrogen-bond acceptors (Lipinski definition) is 4. The van der Waals surface area contributed by atoms with Gasteiger partial charge in [0.25, 0.3) is 11.8 Å². The van der Waals surface area contributed by atoms with Crippen LogP contribution in [-0.4, -0.2) is 46.0 Å². The number of para-hydroxylation sites is 1. The number of furan rings is 1. The van der Waals surface area contributed by atoms with E-state index in [0.29, 0.717) is 24.3 Å². The molecule has 0 atom stereocenters. The summed E-state index contributed by atoms with van der Waals surface area (Å²) in [5.41, 5.74) is 1.81. The number of benzene rings is 1. The van der Waals surface area contributed by atoms with Crippen LogP contribution in [0.25, 0.3) is 10.9 Å². The fourth-order valence-electron chi connectivity index (χ4n) is 3.19. The molecule has 1 aliphatic heterocycles. The predicted molar refractivity (Wildman–Crippen MR) is 91.2 cm³/mol. The second-order valence-electron chi connectivity index (χ2n) is 6.17. The SMILES string of the molecule is O=C(NC1CCN(C(=O)c2ccoc2)CC1)c1n[nH]c2ccccc12. The fraction of sp³-hybridized carbons (Fsp3) is 0.278. The van der Waals surface area contributed by atoms with Crippen molar-refractivity contribution < 1.29 is 14.0 Å². The van der Waals surface area contributed by atoms with Gasteiger partial charge in [-0.3, -0.25) is 14.7 Å². The third-order valence-electron chi connectivity index (χ3n) is 4.57. The van der Waals surface area contributed by atoms with Crippen molar-refractivity contribution in [3.8, 4) is 0 Å². The van der Waals surface area contributed by atoms with Crippen LogP contribution in [0.15, 0.2) is 47.3 Å². The van der Waals surface area contributed by atoms with Gasteiger partial charge in [-0.2, -0.15) is 5.10 Å². The van der Waals surface area contributed by atoms with Gasteiger partial charge in [0, 0.05) is 24.5 Å². The summed E-state index contributed by atoms with van der Waals surface area (Å²) in [6, 6.07) is 9.25. The molecule has 0 saturated carbocycles. The number of H-pyrrole nitrogens is 1. The number of carbonyl (C=O) groups is 2. The summed E-state index contributed by atoms with van der Waals surface area (Å²) in [6.45, 7) is 1.21. The molecule has 7 heteroatoms. The van der Waals surface area contributed by atoms with E-state index in [2.05, 4.69) is 15.5 Å². The Morgan fingerprint density at radius 2 is 2.00 bits per heavy atom. The maximum absolute atomic E-state index is 12.5. The van der Waals surface area contributed by atoms with Gasteiger partial charge in [0.1, 0.15) is 6.26 Å². The summed E-state index contributed by atoms with van der Waals surface area (Å²) in [5, 5.41) is 10.8. The number of amides is 2. The Hall–Kier alpha value is -3.09. The smallest absolute Gasteiger partial charge is 0.272 e. The van der Waals surface area contributed by atoms with Crippen molar-refractivity contribution in [1.29, 1.82) is 0 Å². The first-order chi connectivity index (χ1) is 12.2. The lowest BCUT2D eigenvalue weighted by atomic mass is 10.0. The molecule has 3 aromatic rings. The van der Waals surface area contributed by atoms with Gasteiger partial charge in [-0.1, -0.05) is 18.2 Å². The number of aromatic nitrogens is 2. The molecule has 128 valence electrons. The van der Waals surface area contributed by atoms with Gasteiger partial charge in [-0.05, 0) is 25.0 Å². The van der Waals surface area contributed by atoms with Crippen LogP contribution in [0.4, 0.5) is 0 Å². The Morgan fingerprint density at radius 3 is 2.76 bits per heavy atom. The average Bonchev–Trinajstić information content (AvgIpc) is 3.31. The number of hydrogen-bond donors (Lipinski definition) is 2. The molecule has 2 amide bonds. The van der Waals surface area contributed by atoms with Crippen molar-refractivity contribution in [2.75, 3.05) is 13.1 Å². The highest BCUT2D eigenvalue weighted by Gasteiger charge is 2.26. The van der Waals surface area contributed by atoms with Crippen LogP contribution in [0, 0.1) is 0 Å². The molecule has 4 rings (SSSR count). The highest BCUT2D eigenvalue weighted by Crippen LogP contribution is 2.17. The molecule has 2 aromatic heterocycles. The summed E-state index contributed by atoms with van der Waals surface area (Å²) >= 11 is 0. The molecule has 0 spiro atoms. The van der Waals surface area contributed by atoms with Crippen LogP contribution in [0.1, 0.15) is 33.7 Å². The Morgan fingerprint density at radius 1 is 1.20 bits per heavy atom. The number of piperidine rings is 1. The molecule has 7 nitrogen and oxygen atoms in total. The van der Waals surface area contributed by atoms with Crippen LogP contribution < -0.4 is 5.32 Å².